The molecule has 1 N–H and O–H groups in total. The van der Waals surface area contributed by atoms with Crippen LogP contribution in [0.2, 0.25) is 0 Å². The number of sulfonamides is 1. The fourth-order valence-corrected chi connectivity index (χ4v) is 5.23. The predicted molar refractivity (Wildman–Crippen MR) is 118 cm³/mol. The summed E-state index contributed by atoms with van der Waals surface area (Å²) in [5, 5.41) is 15.0. The third-order valence-electron chi connectivity index (χ3n) is 4.79. The van der Waals surface area contributed by atoms with E-state index in [1.165, 1.54) is 16.1 Å². The summed E-state index contributed by atoms with van der Waals surface area (Å²) in [6, 6.07) is 16.0. The zero-order valence-corrected chi connectivity index (χ0v) is 18.8. The van der Waals surface area contributed by atoms with Crippen molar-refractivity contribution in [2.75, 3.05) is 32.1 Å². The van der Waals surface area contributed by atoms with Crippen molar-refractivity contribution in [3.63, 3.8) is 0 Å². The predicted octanol–water partition coefficient (Wildman–Crippen LogP) is 1.09. The van der Waals surface area contributed by atoms with Gasteiger partial charge < -0.3 is 10.1 Å². The molecule has 0 unspecified atom stereocenters. The third kappa shape index (κ3) is 5.33. The Morgan fingerprint density at radius 3 is 2.50 bits per heavy atom. The largest absolute Gasteiger partial charge is 0.379 e. The molecule has 1 aliphatic rings. The number of aromatic nitrogens is 4. The third-order valence-corrected chi connectivity index (χ3v) is 7.63. The molecule has 0 aliphatic carbocycles. The van der Waals surface area contributed by atoms with E-state index in [9.17, 15) is 13.2 Å². The second kappa shape index (κ2) is 10.2. The SMILES string of the molecule is O=C(CSc1nnnn1-c1ccccc1)NCc1ccc(S(=O)(=O)N2CCOCC2)cc1. The van der Waals surface area contributed by atoms with Gasteiger partial charge in [0.2, 0.25) is 21.1 Å². The van der Waals surface area contributed by atoms with Gasteiger partial charge in [0.1, 0.15) is 0 Å². The van der Waals surface area contributed by atoms with Gasteiger partial charge in [0.25, 0.3) is 0 Å². The van der Waals surface area contributed by atoms with Crippen LogP contribution in [-0.2, 0) is 26.1 Å². The normalized spacial score (nSPS) is 14.9. The molecule has 4 rings (SSSR count). The summed E-state index contributed by atoms with van der Waals surface area (Å²) in [5.41, 5.74) is 1.62. The Hall–Kier alpha value is -2.80. The van der Waals surface area contributed by atoms with Gasteiger partial charge in [0, 0.05) is 19.6 Å². The van der Waals surface area contributed by atoms with Crippen molar-refractivity contribution in [1.82, 2.24) is 29.8 Å². The lowest BCUT2D eigenvalue weighted by Crippen LogP contribution is -2.40. The van der Waals surface area contributed by atoms with Crippen LogP contribution in [0.15, 0.2) is 64.6 Å². The van der Waals surface area contributed by atoms with Gasteiger partial charge in [-0.15, -0.1) is 5.10 Å². The van der Waals surface area contributed by atoms with Crippen LogP contribution in [0.25, 0.3) is 5.69 Å². The summed E-state index contributed by atoms with van der Waals surface area (Å²) in [7, 11) is -3.53. The maximum atomic E-state index is 12.7. The molecule has 1 aromatic heterocycles. The molecule has 1 aliphatic heterocycles. The van der Waals surface area contributed by atoms with Gasteiger partial charge >= 0.3 is 0 Å². The smallest absolute Gasteiger partial charge is 0.243 e. The van der Waals surface area contributed by atoms with Gasteiger partial charge in [0.15, 0.2) is 0 Å². The molecule has 3 aromatic rings. The van der Waals surface area contributed by atoms with Gasteiger partial charge in [-0.05, 0) is 40.3 Å². The topological polar surface area (TPSA) is 119 Å². The number of benzene rings is 2. The molecule has 10 nitrogen and oxygen atoms in total. The number of carbonyl (C=O) groups excluding carboxylic acids is 1. The maximum absolute atomic E-state index is 12.7. The first-order chi connectivity index (χ1) is 15.5. The maximum Gasteiger partial charge on any atom is 0.243 e. The van der Waals surface area contributed by atoms with Crippen molar-refractivity contribution in [1.29, 1.82) is 0 Å². The summed E-state index contributed by atoms with van der Waals surface area (Å²) in [6.07, 6.45) is 0. The lowest BCUT2D eigenvalue weighted by Gasteiger charge is -2.26. The molecule has 168 valence electrons. The van der Waals surface area contributed by atoms with Crippen molar-refractivity contribution >= 4 is 27.7 Å². The van der Waals surface area contributed by atoms with Crippen molar-refractivity contribution in [2.24, 2.45) is 0 Å². The number of morpholine rings is 1. The molecule has 2 heterocycles. The Bertz CT molecular complexity index is 1150. The molecule has 2 aromatic carbocycles. The van der Waals surface area contributed by atoms with Crippen LogP contribution in [0.3, 0.4) is 0 Å². The van der Waals surface area contributed by atoms with Gasteiger partial charge in [-0.25, -0.2) is 8.42 Å². The van der Waals surface area contributed by atoms with Gasteiger partial charge in [-0.2, -0.15) is 8.99 Å². The Balaban J connectivity index is 1.29. The zero-order chi connectivity index (χ0) is 22.4. The number of nitrogens with one attached hydrogen (secondary N) is 1. The number of hydrogen-bond donors (Lipinski definition) is 1. The molecule has 0 atom stereocenters. The number of para-hydroxylation sites is 1. The molecular weight excluding hydrogens is 452 g/mol. The molecule has 12 heteroatoms. The molecule has 1 saturated heterocycles. The van der Waals surface area contributed by atoms with Crippen LogP contribution in [0.4, 0.5) is 0 Å². The number of amides is 1. The molecular formula is C20H22N6O4S2. The highest BCUT2D eigenvalue weighted by molar-refractivity contribution is 7.99. The average molecular weight is 475 g/mol. The molecule has 0 saturated carbocycles. The number of tetrazole rings is 1. The minimum atomic E-state index is -3.53. The van der Waals surface area contributed by atoms with Gasteiger partial charge in [-0.3, -0.25) is 4.79 Å². The van der Waals surface area contributed by atoms with Crippen molar-refractivity contribution in [3.05, 3.63) is 60.2 Å². The Morgan fingerprint density at radius 2 is 1.78 bits per heavy atom. The molecule has 0 radical (unpaired) electrons. The molecule has 0 bridgehead atoms. The summed E-state index contributed by atoms with van der Waals surface area (Å²) in [5.74, 6) is -0.0286. The van der Waals surface area contributed by atoms with E-state index in [1.54, 1.807) is 28.9 Å². The van der Waals surface area contributed by atoms with Crippen LogP contribution in [0, 0.1) is 0 Å². The minimum Gasteiger partial charge on any atom is -0.379 e. The Labute approximate surface area is 190 Å². The fourth-order valence-electron chi connectivity index (χ4n) is 3.10. The van der Waals surface area contributed by atoms with Crippen LogP contribution in [0.5, 0.6) is 0 Å². The first-order valence-electron chi connectivity index (χ1n) is 9.94. The Kier molecular flexibility index (Phi) is 7.15. The van der Waals surface area contributed by atoms with Crippen LogP contribution in [-0.4, -0.2) is 70.9 Å². The first kappa shape index (κ1) is 22.4. The number of nitrogens with zero attached hydrogens (tertiary/aromatic N) is 5. The quantitative estimate of drug-likeness (QED) is 0.482. The van der Waals surface area contributed by atoms with E-state index in [0.717, 1.165) is 11.3 Å². The second-order valence-electron chi connectivity index (χ2n) is 6.93. The van der Waals surface area contributed by atoms with E-state index in [-0.39, 0.29) is 16.6 Å². The molecule has 0 spiro atoms. The van der Waals surface area contributed by atoms with E-state index in [1.807, 2.05) is 30.3 Å². The van der Waals surface area contributed by atoms with E-state index in [4.69, 9.17) is 4.74 Å². The van der Waals surface area contributed by atoms with Crippen molar-refractivity contribution < 1.29 is 17.9 Å². The van der Waals surface area contributed by atoms with Gasteiger partial charge in [0.05, 0.1) is 29.5 Å². The second-order valence-corrected chi connectivity index (χ2v) is 9.82. The Morgan fingerprint density at radius 1 is 1.06 bits per heavy atom. The number of rotatable bonds is 8. The lowest BCUT2D eigenvalue weighted by molar-refractivity contribution is -0.118. The summed E-state index contributed by atoms with van der Waals surface area (Å²) in [4.78, 5) is 12.5. The highest BCUT2D eigenvalue weighted by Crippen LogP contribution is 2.19. The lowest BCUT2D eigenvalue weighted by atomic mass is 10.2. The van der Waals surface area contributed by atoms with Crippen LogP contribution >= 0.6 is 11.8 Å². The number of carbonyl (C=O) groups is 1. The summed E-state index contributed by atoms with van der Waals surface area (Å²) >= 11 is 1.23. The number of hydrogen-bond acceptors (Lipinski definition) is 8. The summed E-state index contributed by atoms with van der Waals surface area (Å²) in [6.45, 7) is 1.80. The van der Waals surface area contributed by atoms with E-state index >= 15 is 0 Å². The van der Waals surface area contributed by atoms with Crippen LogP contribution in [0.1, 0.15) is 5.56 Å². The zero-order valence-electron chi connectivity index (χ0n) is 17.1. The number of ether oxygens (including phenoxy) is 1. The standard InChI is InChI=1S/C20H22N6O4S2/c27-19(15-31-20-22-23-24-26(20)17-4-2-1-3-5-17)21-14-16-6-8-18(9-7-16)32(28,29)25-10-12-30-13-11-25/h1-9H,10-15H2,(H,21,27). The number of thioether (sulfide) groups is 1. The first-order valence-corrected chi connectivity index (χ1v) is 12.4. The van der Waals surface area contributed by atoms with E-state index < -0.39 is 10.0 Å². The van der Waals surface area contributed by atoms with Crippen LogP contribution < -0.4 is 5.32 Å². The molecule has 1 amide bonds. The summed E-state index contributed by atoms with van der Waals surface area (Å²) < 4.78 is 33.6. The highest BCUT2D eigenvalue weighted by atomic mass is 32.2. The average Bonchev–Trinajstić information content (AvgIpc) is 3.31. The van der Waals surface area contributed by atoms with Gasteiger partial charge in [-0.1, -0.05) is 42.1 Å². The molecule has 32 heavy (non-hydrogen) atoms. The van der Waals surface area contributed by atoms with Crippen molar-refractivity contribution in [3.8, 4) is 5.69 Å². The highest BCUT2D eigenvalue weighted by Gasteiger charge is 2.26. The fraction of sp³-hybridized carbons (Fsp3) is 0.300. The monoisotopic (exact) mass is 474 g/mol. The van der Waals surface area contributed by atoms with E-state index in [0.29, 0.717) is 38.0 Å². The molecule has 1 fully saturated rings. The van der Waals surface area contributed by atoms with Crippen molar-refractivity contribution in [2.45, 2.75) is 16.6 Å². The minimum absolute atomic E-state index is 0.150. The van der Waals surface area contributed by atoms with E-state index in [2.05, 4.69) is 20.8 Å².